The maximum absolute atomic E-state index is 12.9. The van der Waals surface area contributed by atoms with Crippen molar-refractivity contribution in [2.75, 3.05) is 13.2 Å². The van der Waals surface area contributed by atoms with E-state index in [1.807, 2.05) is 0 Å². The summed E-state index contributed by atoms with van der Waals surface area (Å²) in [6, 6.07) is 0. The minimum atomic E-state index is -0.769. The van der Waals surface area contributed by atoms with Crippen LogP contribution < -0.4 is 0 Å². The zero-order chi connectivity index (χ0) is 52.2. The molecule has 0 aromatic carbocycles. The van der Waals surface area contributed by atoms with Gasteiger partial charge in [-0.1, -0.05) is 322 Å². The number of esters is 3. The van der Waals surface area contributed by atoms with Crippen molar-refractivity contribution in [3.63, 3.8) is 0 Å². The fraction of sp³-hybridized carbons (Fsp3) is 0.924. The zero-order valence-electron chi connectivity index (χ0n) is 49.0. The topological polar surface area (TPSA) is 78.9 Å². The van der Waals surface area contributed by atoms with Gasteiger partial charge in [-0.05, 0) is 44.9 Å². The predicted molar refractivity (Wildman–Crippen MR) is 312 cm³/mol. The second-order valence-electron chi connectivity index (χ2n) is 22.4. The largest absolute Gasteiger partial charge is 0.462 e. The van der Waals surface area contributed by atoms with Gasteiger partial charge in [0.1, 0.15) is 13.2 Å². The summed E-state index contributed by atoms with van der Waals surface area (Å²) in [4.78, 5) is 38.2. The SMILES string of the molecule is CCCCCCCC/C=C\CCCCCCCC(=O)OC(COC(=O)CCCCCCCCCCCCCCC)COC(=O)CCCCCCCCCCCCCCCCCCCCCCCCCCCC. The lowest BCUT2D eigenvalue weighted by Crippen LogP contribution is -2.30. The van der Waals surface area contributed by atoms with E-state index < -0.39 is 6.10 Å². The Bertz CT molecular complexity index is 1120. The summed E-state index contributed by atoms with van der Waals surface area (Å²) in [6.45, 7) is 6.70. The highest BCUT2D eigenvalue weighted by Crippen LogP contribution is 2.18. The first kappa shape index (κ1) is 70.1. The average Bonchev–Trinajstić information content (AvgIpc) is 3.38. The summed E-state index contributed by atoms with van der Waals surface area (Å²) in [5, 5.41) is 0. The lowest BCUT2D eigenvalue weighted by molar-refractivity contribution is -0.167. The van der Waals surface area contributed by atoms with Gasteiger partial charge in [0.05, 0.1) is 0 Å². The van der Waals surface area contributed by atoms with Crippen molar-refractivity contribution in [1.82, 2.24) is 0 Å². The van der Waals surface area contributed by atoms with Gasteiger partial charge in [0, 0.05) is 19.3 Å². The Morgan fingerprint density at radius 2 is 0.458 bits per heavy atom. The minimum Gasteiger partial charge on any atom is -0.462 e. The van der Waals surface area contributed by atoms with E-state index in [2.05, 4.69) is 32.9 Å². The molecule has 6 heteroatoms. The number of allylic oxidation sites excluding steroid dienone is 2. The first-order valence-electron chi connectivity index (χ1n) is 32.7. The maximum Gasteiger partial charge on any atom is 0.306 e. The number of hydrogen-bond donors (Lipinski definition) is 0. The Kier molecular flexibility index (Phi) is 60.1. The molecule has 0 aromatic rings. The smallest absolute Gasteiger partial charge is 0.306 e. The van der Waals surface area contributed by atoms with Crippen LogP contribution in [-0.2, 0) is 28.6 Å². The van der Waals surface area contributed by atoms with E-state index in [0.717, 1.165) is 64.2 Å². The predicted octanol–water partition coefficient (Wildman–Crippen LogP) is 22.1. The second-order valence-corrected chi connectivity index (χ2v) is 22.4. The van der Waals surface area contributed by atoms with Crippen LogP contribution in [0.15, 0.2) is 12.2 Å². The molecule has 6 nitrogen and oxygen atoms in total. The van der Waals surface area contributed by atoms with Gasteiger partial charge >= 0.3 is 17.9 Å². The van der Waals surface area contributed by atoms with Gasteiger partial charge in [-0.15, -0.1) is 0 Å². The second kappa shape index (κ2) is 61.7. The number of carbonyl (C=O) groups excluding carboxylic acids is 3. The van der Waals surface area contributed by atoms with Crippen molar-refractivity contribution in [1.29, 1.82) is 0 Å². The molecule has 0 N–H and O–H groups in total. The van der Waals surface area contributed by atoms with Crippen LogP contribution in [0.2, 0.25) is 0 Å². The standard InChI is InChI=1S/C66H126O6/c1-4-7-10-13-16-19-22-25-27-28-29-30-31-32-33-34-35-36-37-39-41-44-47-50-53-56-59-65(68)71-62-63(61-70-64(67)58-55-52-49-46-43-40-24-21-18-15-12-9-6-3)72-66(69)60-57-54-51-48-45-42-38-26-23-20-17-14-11-8-5-2/h26,38,63H,4-25,27-37,39-62H2,1-3H3/b38-26-. The molecule has 72 heavy (non-hydrogen) atoms. The van der Waals surface area contributed by atoms with Crippen LogP contribution in [0.1, 0.15) is 374 Å². The fourth-order valence-corrected chi connectivity index (χ4v) is 10.1. The normalized spacial score (nSPS) is 12.0. The first-order chi connectivity index (χ1) is 35.5. The van der Waals surface area contributed by atoms with Crippen LogP contribution >= 0.6 is 0 Å². The first-order valence-corrected chi connectivity index (χ1v) is 32.7. The molecule has 0 aliphatic carbocycles. The summed E-state index contributed by atoms with van der Waals surface area (Å²) in [5.41, 5.74) is 0. The van der Waals surface area contributed by atoms with Crippen LogP contribution in [0.3, 0.4) is 0 Å². The van der Waals surface area contributed by atoms with E-state index in [1.54, 1.807) is 0 Å². The molecule has 1 atom stereocenters. The Hall–Kier alpha value is -1.85. The highest BCUT2D eigenvalue weighted by Gasteiger charge is 2.19. The summed E-state index contributed by atoms with van der Waals surface area (Å²) < 4.78 is 16.9. The van der Waals surface area contributed by atoms with Crippen molar-refractivity contribution in [3.05, 3.63) is 12.2 Å². The Morgan fingerprint density at radius 1 is 0.264 bits per heavy atom. The molecule has 0 spiro atoms. The number of hydrogen-bond acceptors (Lipinski definition) is 6. The highest BCUT2D eigenvalue weighted by molar-refractivity contribution is 5.71. The van der Waals surface area contributed by atoms with Crippen LogP contribution in [0.4, 0.5) is 0 Å². The van der Waals surface area contributed by atoms with Gasteiger partial charge in [0.2, 0.25) is 0 Å². The maximum atomic E-state index is 12.9. The zero-order valence-corrected chi connectivity index (χ0v) is 49.0. The van der Waals surface area contributed by atoms with Gasteiger partial charge in [-0.2, -0.15) is 0 Å². The van der Waals surface area contributed by atoms with Gasteiger partial charge < -0.3 is 14.2 Å². The van der Waals surface area contributed by atoms with E-state index >= 15 is 0 Å². The third-order valence-corrected chi connectivity index (χ3v) is 15.0. The number of carbonyl (C=O) groups is 3. The van der Waals surface area contributed by atoms with Crippen molar-refractivity contribution in [2.24, 2.45) is 0 Å². The van der Waals surface area contributed by atoms with E-state index in [-0.39, 0.29) is 31.1 Å². The van der Waals surface area contributed by atoms with Gasteiger partial charge in [0.25, 0.3) is 0 Å². The summed E-state index contributed by atoms with van der Waals surface area (Å²) in [5.74, 6) is -0.846. The van der Waals surface area contributed by atoms with E-state index in [1.165, 1.54) is 270 Å². The van der Waals surface area contributed by atoms with Gasteiger partial charge in [-0.3, -0.25) is 14.4 Å². The molecule has 0 heterocycles. The Balaban J connectivity index is 4.17. The summed E-state index contributed by atoms with van der Waals surface area (Å²) >= 11 is 0. The third-order valence-electron chi connectivity index (χ3n) is 15.0. The Labute approximate surface area is 450 Å². The number of rotatable bonds is 61. The van der Waals surface area contributed by atoms with Crippen molar-refractivity contribution in [3.8, 4) is 0 Å². The van der Waals surface area contributed by atoms with Crippen LogP contribution in [0.5, 0.6) is 0 Å². The quantitative estimate of drug-likeness (QED) is 0.0261. The molecule has 0 amide bonds. The minimum absolute atomic E-state index is 0.0670. The molecule has 0 aromatic heterocycles. The molecule has 426 valence electrons. The molecule has 1 unspecified atom stereocenters. The van der Waals surface area contributed by atoms with Crippen molar-refractivity contribution in [2.45, 2.75) is 380 Å². The molecular weight excluding hydrogens is 889 g/mol. The van der Waals surface area contributed by atoms with Crippen LogP contribution in [0.25, 0.3) is 0 Å². The molecular formula is C66H126O6. The molecule has 0 aliphatic heterocycles. The summed E-state index contributed by atoms with van der Waals surface area (Å²) in [6.07, 6.45) is 72.3. The average molecular weight is 1020 g/mol. The van der Waals surface area contributed by atoms with E-state index in [9.17, 15) is 14.4 Å². The van der Waals surface area contributed by atoms with Crippen molar-refractivity contribution >= 4 is 17.9 Å². The molecule has 0 saturated carbocycles. The molecule has 0 saturated heterocycles. The molecule has 0 radical (unpaired) electrons. The van der Waals surface area contributed by atoms with E-state index in [4.69, 9.17) is 14.2 Å². The number of ether oxygens (including phenoxy) is 3. The lowest BCUT2D eigenvalue weighted by Gasteiger charge is -2.18. The number of unbranched alkanes of at least 4 members (excludes halogenated alkanes) is 48. The lowest BCUT2D eigenvalue weighted by atomic mass is 10.0. The van der Waals surface area contributed by atoms with Crippen molar-refractivity contribution < 1.29 is 28.6 Å². The van der Waals surface area contributed by atoms with Gasteiger partial charge in [0.15, 0.2) is 6.10 Å². The highest BCUT2D eigenvalue weighted by atomic mass is 16.6. The molecule has 0 fully saturated rings. The fourth-order valence-electron chi connectivity index (χ4n) is 10.1. The summed E-state index contributed by atoms with van der Waals surface area (Å²) in [7, 11) is 0. The Morgan fingerprint density at radius 3 is 0.694 bits per heavy atom. The van der Waals surface area contributed by atoms with Crippen LogP contribution in [-0.4, -0.2) is 37.2 Å². The van der Waals surface area contributed by atoms with E-state index in [0.29, 0.717) is 19.3 Å². The van der Waals surface area contributed by atoms with Gasteiger partial charge in [-0.25, -0.2) is 0 Å². The molecule has 0 aliphatic rings. The monoisotopic (exact) mass is 1010 g/mol. The molecule has 0 bridgehead atoms. The third kappa shape index (κ3) is 59.0. The van der Waals surface area contributed by atoms with Crippen LogP contribution in [0, 0.1) is 0 Å². The molecule has 0 rings (SSSR count).